The molecule has 5 heteroatoms. The summed E-state index contributed by atoms with van der Waals surface area (Å²) >= 11 is 1.55. The maximum absolute atomic E-state index is 11.1. The number of benzene rings is 1. The van der Waals surface area contributed by atoms with Gasteiger partial charge in [-0.1, -0.05) is 30.3 Å². The summed E-state index contributed by atoms with van der Waals surface area (Å²) in [4.78, 5) is 10.8. The first-order valence-electron chi connectivity index (χ1n) is 5.55. The predicted octanol–water partition coefficient (Wildman–Crippen LogP) is 2.40. The lowest BCUT2D eigenvalue weighted by Gasteiger charge is -2.16. The van der Waals surface area contributed by atoms with Gasteiger partial charge in [0.05, 0.1) is 11.3 Å². The highest BCUT2D eigenvalue weighted by molar-refractivity contribution is 8.03. The minimum absolute atomic E-state index is 0.270. The summed E-state index contributed by atoms with van der Waals surface area (Å²) in [6.07, 6.45) is 1.44. The quantitative estimate of drug-likeness (QED) is 0.661. The Bertz CT molecular complexity index is 423. The summed E-state index contributed by atoms with van der Waals surface area (Å²) in [6, 6.07) is 9.54. The van der Waals surface area contributed by atoms with E-state index in [1.54, 1.807) is 11.8 Å². The Labute approximate surface area is 104 Å². The zero-order valence-corrected chi connectivity index (χ0v) is 10.2. The molecule has 90 valence electrons. The molecule has 17 heavy (non-hydrogen) atoms. The zero-order valence-electron chi connectivity index (χ0n) is 9.39. The second-order valence-corrected chi connectivity index (χ2v) is 4.93. The molecule has 0 saturated carbocycles. The van der Waals surface area contributed by atoms with Crippen molar-refractivity contribution in [3.05, 3.63) is 56.7 Å². The van der Waals surface area contributed by atoms with Gasteiger partial charge in [0.15, 0.2) is 0 Å². The van der Waals surface area contributed by atoms with E-state index in [1.165, 1.54) is 0 Å². The van der Waals surface area contributed by atoms with Crippen molar-refractivity contribution < 1.29 is 4.92 Å². The van der Waals surface area contributed by atoms with Gasteiger partial charge in [0.1, 0.15) is 5.03 Å². The van der Waals surface area contributed by atoms with Crippen molar-refractivity contribution in [2.45, 2.75) is 12.8 Å². The van der Waals surface area contributed by atoms with E-state index in [4.69, 9.17) is 0 Å². The lowest BCUT2D eigenvalue weighted by atomic mass is 10.1. The first-order valence-corrected chi connectivity index (χ1v) is 6.54. The van der Waals surface area contributed by atoms with Crippen LogP contribution in [0, 0.1) is 10.1 Å². The van der Waals surface area contributed by atoms with Crippen LogP contribution in [0.15, 0.2) is 41.1 Å². The summed E-state index contributed by atoms with van der Waals surface area (Å²) in [5.41, 5.74) is 1.25. The van der Waals surface area contributed by atoms with Gasteiger partial charge in [0, 0.05) is 12.3 Å². The molecule has 4 nitrogen and oxygen atoms in total. The summed E-state index contributed by atoms with van der Waals surface area (Å²) in [5.74, 6) is 0.953. The fourth-order valence-corrected chi connectivity index (χ4v) is 2.71. The Hall–Kier alpha value is -1.49. The third-order valence-electron chi connectivity index (χ3n) is 2.55. The van der Waals surface area contributed by atoms with Crippen LogP contribution in [0.25, 0.3) is 0 Å². The van der Waals surface area contributed by atoms with Crippen molar-refractivity contribution in [2.24, 2.45) is 0 Å². The van der Waals surface area contributed by atoms with Crippen LogP contribution in [0.1, 0.15) is 12.0 Å². The average Bonchev–Trinajstić information content (AvgIpc) is 2.38. The average molecular weight is 250 g/mol. The van der Waals surface area contributed by atoms with Crippen molar-refractivity contribution in [3.8, 4) is 0 Å². The maximum atomic E-state index is 11.1. The number of nitrogens with zero attached hydrogens (tertiary/aromatic N) is 1. The Morgan fingerprint density at radius 3 is 2.76 bits per heavy atom. The van der Waals surface area contributed by atoms with E-state index in [1.807, 2.05) is 30.3 Å². The van der Waals surface area contributed by atoms with Gasteiger partial charge in [-0.25, -0.2) is 0 Å². The first-order chi connectivity index (χ1) is 8.27. The molecule has 1 heterocycles. The van der Waals surface area contributed by atoms with E-state index in [0.29, 0.717) is 6.42 Å². The molecule has 2 rings (SSSR count). The van der Waals surface area contributed by atoms with Crippen LogP contribution in [0.2, 0.25) is 0 Å². The van der Waals surface area contributed by atoms with Crippen molar-refractivity contribution in [1.82, 2.24) is 5.32 Å². The normalized spacial score (nSPS) is 18.4. The third-order valence-corrected chi connectivity index (χ3v) is 3.71. The van der Waals surface area contributed by atoms with Crippen LogP contribution >= 0.6 is 11.8 Å². The second-order valence-electron chi connectivity index (χ2n) is 3.82. The van der Waals surface area contributed by atoms with E-state index >= 15 is 0 Å². The number of hydrogen-bond donors (Lipinski definition) is 1. The van der Waals surface area contributed by atoms with Gasteiger partial charge in [-0.3, -0.25) is 10.1 Å². The fourth-order valence-electron chi connectivity index (χ4n) is 1.70. The van der Waals surface area contributed by atoms with E-state index < -0.39 is 0 Å². The minimum Gasteiger partial charge on any atom is -0.375 e. The molecule has 1 aromatic carbocycles. The number of nitro groups is 1. The summed E-state index contributed by atoms with van der Waals surface area (Å²) in [6.45, 7) is 0.828. The molecule has 0 aromatic heterocycles. The van der Waals surface area contributed by atoms with Crippen LogP contribution in [-0.4, -0.2) is 17.2 Å². The van der Waals surface area contributed by atoms with E-state index in [-0.39, 0.29) is 10.6 Å². The molecule has 1 aliphatic heterocycles. The van der Waals surface area contributed by atoms with Crippen LogP contribution in [0.5, 0.6) is 0 Å². The van der Waals surface area contributed by atoms with Crippen molar-refractivity contribution in [2.75, 3.05) is 12.3 Å². The van der Waals surface area contributed by atoms with Gasteiger partial charge in [-0.15, -0.1) is 11.8 Å². The lowest BCUT2D eigenvalue weighted by Crippen LogP contribution is -2.23. The topological polar surface area (TPSA) is 55.2 Å². The third kappa shape index (κ3) is 3.23. The Morgan fingerprint density at radius 2 is 2.18 bits per heavy atom. The Kier molecular flexibility index (Phi) is 4.03. The predicted molar refractivity (Wildman–Crippen MR) is 69.2 cm³/mol. The minimum atomic E-state index is -0.270. The summed E-state index contributed by atoms with van der Waals surface area (Å²) < 4.78 is 0. The first kappa shape index (κ1) is 12.0. The number of rotatable bonds is 3. The van der Waals surface area contributed by atoms with Crippen LogP contribution in [0.3, 0.4) is 0 Å². The van der Waals surface area contributed by atoms with E-state index in [0.717, 1.165) is 29.3 Å². The summed E-state index contributed by atoms with van der Waals surface area (Å²) in [7, 11) is 0. The molecule has 1 fully saturated rings. The molecule has 0 amide bonds. The Balaban J connectivity index is 2.21. The Morgan fingerprint density at radius 1 is 1.41 bits per heavy atom. The van der Waals surface area contributed by atoms with Crippen LogP contribution < -0.4 is 5.32 Å². The molecule has 0 bridgehead atoms. The van der Waals surface area contributed by atoms with Gasteiger partial charge in [-0.05, 0) is 12.0 Å². The molecule has 0 radical (unpaired) electrons. The molecule has 1 aromatic rings. The highest BCUT2D eigenvalue weighted by atomic mass is 32.2. The summed E-state index contributed by atoms with van der Waals surface area (Å²) in [5, 5.41) is 14.9. The molecular weight excluding hydrogens is 236 g/mol. The van der Waals surface area contributed by atoms with Gasteiger partial charge in [0.2, 0.25) is 0 Å². The highest BCUT2D eigenvalue weighted by Crippen LogP contribution is 2.24. The standard InChI is InChI=1S/C12H14N2O2S/c15-14(16)11(12-13-7-4-8-17-12)9-10-5-2-1-3-6-10/h1-3,5-6,13H,4,7-9H2. The van der Waals surface area contributed by atoms with Crippen LogP contribution in [0.4, 0.5) is 0 Å². The van der Waals surface area contributed by atoms with E-state index in [9.17, 15) is 10.1 Å². The molecule has 0 aliphatic carbocycles. The second kappa shape index (κ2) is 5.72. The number of thioether (sulfide) groups is 1. The monoisotopic (exact) mass is 250 g/mol. The molecule has 1 N–H and O–H groups in total. The maximum Gasteiger partial charge on any atom is 0.280 e. The van der Waals surface area contributed by atoms with Crippen molar-refractivity contribution in [1.29, 1.82) is 0 Å². The molecule has 1 aliphatic rings. The number of hydrogen-bond acceptors (Lipinski definition) is 4. The molecule has 0 unspecified atom stereocenters. The van der Waals surface area contributed by atoms with Crippen molar-refractivity contribution in [3.63, 3.8) is 0 Å². The molecule has 0 atom stereocenters. The van der Waals surface area contributed by atoms with E-state index in [2.05, 4.69) is 5.32 Å². The SMILES string of the molecule is O=[N+]([O-])C(Cc1ccccc1)=C1NCCCS1. The van der Waals surface area contributed by atoms with Gasteiger partial charge in [-0.2, -0.15) is 0 Å². The molecular formula is C12H14N2O2S. The fraction of sp³-hybridized carbons (Fsp3) is 0.333. The lowest BCUT2D eigenvalue weighted by molar-refractivity contribution is -0.427. The zero-order chi connectivity index (χ0) is 12.1. The van der Waals surface area contributed by atoms with Crippen LogP contribution in [-0.2, 0) is 6.42 Å². The number of allylic oxidation sites excluding steroid dienone is 1. The van der Waals surface area contributed by atoms with Gasteiger partial charge >= 0.3 is 0 Å². The van der Waals surface area contributed by atoms with Crippen molar-refractivity contribution >= 4 is 11.8 Å². The largest absolute Gasteiger partial charge is 0.375 e. The molecule has 0 spiro atoms. The van der Waals surface area contributed by atoms with Gasteiger partial charge < -0.3 is 5.32 Å². The molecule has 1 saturated heterocycles. The van der Waals surface area contributed by atoms with Gasteiger partial charge in [0.25, 0.3) is 5.70 Å². The number of nitrogens with one attached hydrogen (secondary N) is 1. The smallest absolute Gasteiger partial charge is 0.280 e. The highest BCUT2D eigenvalue weighted by Gasteiger charge is 2.21.